The molecule has 13 heavy (non-hydrogen) atoms. The summed E-state index contributed by atoms with van der Waals surface area (Å²) in [7, 11) is 0. The van der Waals surface area contributed by atoms with Crippen LogP contribution in [0.4, 0.5) is 8.78 Å². The lowest BCUT2D eigenvalue weighted by Gasteiger charge is -1.98. The second-order valence-electron chi connectivity index (χ2n) is 3.23. The highest BCUT2D eigenvalue weighted by atomic mass is 19.1. The molecule has 2 aromatic rings. The monoisotopic (exact) mass is 181 g/mol. The first-order valence-corrected chi connectivity index (χ1v) is 4.03. The van der Waals surface area contributed by atoms with Crippen molar-refractivity contribution in [3.8, 4) is 0 Å². The predicted molar refractivity (Wildman–Crippen MR) is 47.7 cm³/mol. The number of rotatable bonds is 0. The highest BCUT2D eigenvalue weighted by molar-refractivity contribution is 5.82. The first kappa shape index (κ1) is 8.23. The quantitative estimate of drug-likeness (QED) is 0.642. The lowest BCUT2D eigenvalue weighted by Crippen LogP contribution is -1.87. The minimum Gasteiger partial charge on any atom is -0.356 e. The average Bonchev–Trinajstić information content (AvgIpc) is 2.44. The van der Waals surface area contributed by atoms with Crippen molar-refractivity contribution in [2.24, 2.45) is 0 Å². The Balaban J connectivity index is 2.95. The molecule has 1 aromatic carbocycles. The molecule has 0 spiro atoms. The van der Waals surface area contributed by atoms with Crippen molar-refractivity contribution in [2.45, 2.75) is 13.8 Å². The number of halogens is 2. The van der Waals surface area contributed by atoms with Crippen molar-refractivity contribution in [3.63, 3.8) is 0 Å². The number of aromatic nitrogens is 1. The molecule has 2 rings (SSSR count). The van der Waals surface area contributed by atoms with Crippen LogP contribution < -0.4 is 0 Å². The van der Waals surface area contributed by atoms with Crippen LogP contribution in [0, 0.1) is 25.5 Å². The van der Waals surface area contributed by atoms with Gasteiger partial charge >= 0.3 is 0 Å². The van der Waals surface area contributed by atoms with Crippen molar-refractivity contribution in [1.29, 1.82) is 0 Å². The number of hydrogen-bond acceptors (Lipinski definition) is 0. The first-order chi connectivity index (χ1) is 6.09. The number of hydrogen-bond donors (Lipinski definition) is 1. The van der Waals surface area contributed by atoms with E-state index in [0.717, 1.165) is 5.69 Å². The van der Waals surface area contributed by atoms with E-state index in [2.05, 4.69) is 4.98 Å². The molecule has 1 heterocycles. The molecule has 0 bridgehead atoms. The Hall–Kier alpha value is -1.38. The summed E-state index contributed by atoms with van der Waals surface area (Å²) in [6.45, 7) is 3.33. The van der Waals surface area contributed by atoms with Gasteiger partial charge in [0.05, 0.1) is 5.52 Å². The van der Waals surface area contributed by atoms with E-state index < -0.39 is 5.82 Å². The van der Waals surface area contributed by atoms with Crippen LogP contribution in [0.3, 0.4) is 0 Å². The maximum atomic E-state index is 13.4. The van der Waals surface area contributed by atoms with Gasteiger partial charge in [0.15, 0.2) is 0 Å². The van der Waals surface area contributed by atoms with Crippen LogP contribution in [0.5, 0.6) is 0 Å². The summed E-state index contributed by atoms with van der Waals surface area (Å²) in [5, 5.41) is 0.329. The fourth-order valence-corrected chi connectivity index (χ4v) is 1.49. The van der Waals surface area contributed by atoms with Crippen LogP contribution in [-0.2, 0) is 0 Å². The minimum atomic E-state index is -0.401. The van der Waals surface area contributed by atoms with Gasteiger partial charge in [-0.2, -0.15) is 0 Å². The van der Waals surface area contributed by atoms with Crippen LogP contribution in [-0.4, -0.2) is 4.98 Å². The van der Waals surface area contributed by atoms with E-state index in [9.17, 15) is 8.78 Å². The van der Waals surface area contributed by atoms with Crippen LogP contribution in [0.2, 0.25) is 0 Å². The summed E-state index contributed by atoms with van der Waals surface area (Å²) < 4.78 is 26.6. The van der Waals surface area contributed by atoms with Gasteiger partial charge in [0.25, 0.3) is 0 Å². The molecule has 68 valence electrons. The zero-order valence-electron chi connectivity index (χ0n) is 7.41. The van der Waals surface area contributed by atoms with Crippen molar-refractivity contribution >= 4 is 10.9 Å². The van der Waals surface area contributed by atoms with Gasteiger partial charge in [-0.05, 0) is 31.5 Å². The highest BCUT2D eigenvalue weighted by Gasteiger charge is 2.10. The number of aryl methyl sites for hydroxylation is 2. The van der Waals surface area contributed by atoms with E-state index >= 15 is 0 Å². The third-order valence-electron chi connectivity index (χ3n) is 2.12. The molecule has 0 aliphatic carbocycles. The molecule has 0 radical (unpaired) electrons. The maximum Gasteiger partial charge on any atom is 0.147 e. The Morgan fingerprint density at radius 1 is 1.15 bits per heavy atom. The summed E-state index contributed by atoms with van der Waals surface area (Å²) in [5.41, 5.74) is 1.35. The maximum absolute atomic E-state index is 13.4. The van der Waals surface area contributed by atoms with E-state index in [-0.39, 0.29) is 11.3 Å². The van der Waals surface area contributed by atoms with Gasteiger partial charge in [-0.15, -0.1) is 0 Å². The lowest BCUT2D eigenvalue weighted by atomic mass is 10.1. The molecule has 0 saturated carbocycles. The molecule has 1 aromatic heterocycles. The van der Waals surface area contributed by atoms with Gasteiger partial charge in [0.2, 0.25) is 0 Å². The standard InChI is InChI=1S/C10H9F2N/c1-5-3-8(11)10-7(9(5)12)4-6(2)13-10/h3-4,13H,1-2H3. The van der Waals surface area contributed by atoms with Crippen LogP contribution in [0.15, 0.2) is 12.1 Å². The summed E-state index contributed by atoms with van der Waals surface area (Å²) in [4.78, 5) is 2.78. The summed E-state index contributed by atoms with van der Waals surface area (Å²) in [6.07, 6.45) is 0. The zero-order chi connectivity index (χ0) is 9.59. The minimum absolute atomic E-state index is 0.251. The normalized spacial score (nSPS) is 11.1. The number of nitrogens with one attached hydrogen (secondary N) is 1. The second kappa shape index (κ2) is 2.55. The summed E-state index contributed by atoms with van der Waals surface area (Å²) >= 11 is 0. The molecule has 1 nitrogen and oxygen atoms in total. The van der Waals surface area contributed by atoms with Crippen molar-refractivity contribution < 1.29 is 8.78 Å². The van der Waals surface area contributed by atoms with E-state index in [0.29, 0.717) is 10.9 Å². The van der Waals surface area contributed by atoms with Gasteiger partial charge in [-0.3, -0.25) is 0 Å². The molecule has 0 saturated heterocycles. The molecular formula is C10H9F2N. The number of aromatic amines is 1. The molecule has 0 fully saturated rings. The molecule has 0 atom stereocenters. The van der Waals surface area contributed by atoms with Crippen LogP contribution >= 0.6 is 0 Å². The first-order valence-electron chi connectivity index (χ1n) is 4.03. The lowest BCUT2D eigenvalue weighted by molar-refractivity contribution is 0.609. The Morgan fingerprint density at radius 3 is 2.54 bits per heavy atom. The highest BCUT2D eigenvalue weighted by Crippen LogP contribution is 2.24. The van der Waals surface area contributed by atoms with E-state index in [1.807, 2.05) is 0 Å². The molecular weight excluding hydrogens is 172 g/mol. The van der Waals surface area contributed by atoms with Gasteiger partial charge in [0.1, 0.15) is 11.6 Å². The zero-order valence-corrected chi connectivity index (χ0v) is 7.41. The SMILES string of the molecule is Cc1cc2c(F)c(C)cc(F)c2[nH]1. The summed E-state index contributed by atoms with van der Waals surface area (Å²) in [5.74, 6) is -0.747. The van der Waals surface area contributed by atoms with Crippen LogP contribution in [0.1, 0.15) is 11.3 Å². The predicted octanol–water partition coefficient (Wildman–Crippen LogP) is 3.06. The fourth-order valence-electron chi connectivity index (χ4n) is 1.49. The number of fused-ring (bicyclic) bond motifs is 1. The van der Waals surface area contributed by atoms with Gasteiger partial charge in [-0.25, -0.2) is 8.78 Å². The average molecular weight is 181 g/mol. The van der Waals surface area contributed by atoms with Gasteiger partial charge in [-0.1, -0.05) is 0 Å². The molecule has 0 unspecified atom stereocenters. The van der Waals surface area contributed by atoms with Crippen molar-refractivity contribution in [1.82, 2.24) is 4.98 Å². The molecule has 1 N–H and O–H groups in total. The third kappa shape index (κ3) is 1.11. The van der Waals surface area contributed by atoms with E-state index in [1.54, 1.807) is 19.9 Å². The smallest absolute Gasteiger partial charge is 0.147 e. The number of H-pyrrole nitrogens is 1. The summed E-state index contributed by atoms with van der Waals surface area (Å²) in [6, 6.07) is 2.81. The molecule has 3 heteroatoms. The van der Waals surface area contributed by atoms with Gasteiger partial charge in [0, 0.05) is 11.1 Å². The molecule has 0 aliphatic heterocycles. The Labute approximate surface area is 74.4 Å². The number of benzene rings is 1. The van der Waals surface area contributed by atoms with Gasteiger partial charge < -0.3 is 4.98 Å². The Kier molecular flexibility index (Phi) is 1.62. The van der Waals surface area contributed by atoms with E-state index in [1.165, 1.54) is 6.07 Å². The molecule has 0 amide bonds. The fraction of sp³-hybridized carbons (Fsp3) is 0.200. The van der Waals surface area contributed by atoms with Crippen molar-refractivity contribution in [3.05, 3.63) is 35.0 Å². The topological polar surface area (TPSA) is 15.8 Å². The Bertz CT molecular complexity index is 471. The third-order valence-corrected chi connectivity index (χ3v) is 2.12. The van der Waals surface area contributed by atoms with Crippen molar-refractivity contribution in [2.75, 3.05) is 0 Å². The van der Waals surface area contributed by atoms with Crippen LogP contribution in [0.25, 0.3) is 10.9 Å². The second-order valence-corrected chi connectivity index (χ2v) is 3.23. The van der Waals surface area contributed by atoms with E-state index in [4.69, 9.17) is 0 Å². The largest absolute Gasteiger partial charge is 0.356 e. The Morgan fingerprint density at radius 2 is 1.85 bits per heavy atom. The molecule has 0 aliphatic rings.